The van der Waals surface area contributed by atoms with E-state index in [1.807, 2.05) is 0 Å². The first-order valence-electron chi connectivity index (χ1n) is 7.25. The number of rotatable bonds is 8. The van der Waals surface area contributed by atoms with Gasteiger partial charge >= 0.3 is 0 Å². The minimum absolute atomic E-state index is 0.129. The highest BCUT2D eigenvalue weighted by molar-refractivity contribution is 4.86. The van der Waals surface area contributed by atoms with Crippen LogP contribution < -0.4 is 0 Å². The highest BCUT2D eigenvalue weighted by Crippen LogP contribution is 2.30. The molecule has 1 atom stereocenters. The van der Waals surface area contributed by atoms with E-state index in [0.29, 0.717) is 19.2 Å². The van der Waals surface area contributed by atoms with Crippen LogP contribution in [0.25, 0.3) is 0 Å². The van der Waals surface area contributed by atoms with Crippen molar-refractivity contribution in [3.05, 3.63) is 0 Å². The van der Waals surface area contributed by atoms with Gasteiger partial charge in [0.05, 0.1) is 19.8 Å². The van der Waals surface area contributed by atoms with E-state index < -0.39 is 0 Å². The van der Waals surface area contributed by atoms with Crippen LogP contribution in [0.2, 0.25) is 0 Å². The zero-order valence-corrected chi connectivity index (χ0v) is 11.9. The maximum atomic E-state index is 9.72. The number of nitrogens with zero attached hydrogens (tertiary/aromatic N) is 1. The molecule has 0 aromatic carbocycles. The van der Waals surface area contributed by atoms with Crippen molar-refractivity contribution in [1.82, 2.24) is 4.90 Å². The van der Waals surface area contributed by atoms with Crippen LogP contribution in [0.1, 0.15) is 39.5 Å². The predicted octanol–water partition coefficient (Wildman–Crippen LogP) is 1.26. The number of aliphatic hydroxyl groups excluding tert-OH is 2. The van der Waals surface area contributed by atoms with E-state index >= 15 is 0 Å². The molecule has 1 aliphatic heterocycles. The third-order valence-corrected chi connectivity index (χ3v) is 4.12. The van der Waals surface area contributed by atoms with E-state index in [9.17, 15) is 10.2 Å². The highest BCUT2D eigenvalue weighted by Gasteiger charge is 2.35. The molecule has 0 bridgehead atoms. The summed E-state index contributed by atoms with van der Waals surface area (Å²) in [5, 5.41) is 18.9. The van der Waals surface area contributed by atoms with Crippen LogP contribution in [0, 0.1) is 5.41 Å². The third kappa shape index (κ3) is 4.19. The van der Waals surface area contributed by atoms with Crippen molar-refractivity contribution in [2.24, 2.45) is 5.41 Å². The van der Waals surface area contributed by atoms with Gasteiger partial charge in [0.1, 0.15) is 0 Å². The molecule has 0 amide bonds. The van der Waals surface area contributed by atoms with Crippen molar-refractivity contribution < 1.29 is 14.9 Å². The fourth-order valence-electron chi connectivity index (χ4n) is 2.96. The van der Waals surface area contributed by atoms with Gasteiger partial charge in [0.25, 0.3) is 0 Å². The zero-order valence-electron chi connectivity index (χ0n) is 11.9. The third-order valence-electron chi connectivity index (χ3n) is 4.12. The Balaban J connectivity index is 2.66. The van der Waals surface area contributed by atoms with E-state index in [1.54, 1.807) is 0 Å². The summed E-state index contributed by atoms with van der Waals surface area (Å²) in [6.07, 6.45) is 4.21. The second kappa shape index (κ2) is 8.10. The molecule has 2 N–H and O–H groups in total. The average molecular weight is 259 g/mol. The van der Waals surface area contributed by atoms with Gasteiger partial charge in [-0.15, -0.1) is 0 Å². The van der Waals surface area contributed by atoms with Crippen molar-refractivity contribution >= 4 is 0 Å². The monoisotopic (exact) mass is 259 g/mol. The standard InChI is InChI=1S/C14H29NO3/c1-3-13(4-2)15(7-8-16)10-14(11-17)6-5-9-18-12-14/h13,16-17H,3-12H2,1-2H3. The molecule has 4 nitrogen and oxygen atoms in total. The summed E-state index contributed by atoms with van der Waals surface area (Å²) in [6, 6.07) is 0.488. The number of aliphatic hydroxyl groups is 2. The molecule has 108 valence electrons. The Morgan fingerprint density at radius 3 is 2.44 bits per heavy atom. The van der Waals surface area contributed by atoms with E-state index in [2.05, 4.69) is 18.7 Å². The molecule has 1 heterocycles. The molecule has 0 radical (unpaired) electrons. The molecule has 0 aromatic heterocycles. The Bertz CT molecular complexity index is 213. The normalized spacial score (nSPS) is 25.0. The van der Waals surface area contributed by atoms with E-state index in [1.165, 1.54) is 0 Å². The van der Waals surface area contributed by atoms with Gasteiger partial charge in [-0.3, -0.25) is 4.90 Å². The van der Waals surface area contributed by atoms with Crippen molar-refractivity contribution in [3.8, 4) is 0 Å². The largest absolute Gasteiger partial charge is 0.396 e. The zero-order chi connectivity index (χ0) is 13.4. The quantitative estimate of drug-likeness (QED) is 0.689. The smallest absolute Gasteiger partial charge is 0.0558 e. The highest BCUT2D eigenvalue weighted by atomic mass is 16.5. The van der Waals surface area contributed by atoms with Crippen LogP contribution in [-0.4, -0.2) is 60.7 Å². The van der Waals surface area contributed by atoms with Crippen molar-refractivity contribution in [2.45, 2.75) is 45.6 Å². The maximum Gasteiger partial charge on any atom is 0.0558 e. The van der Waals surface area contributed by atoms with E-state index in [4.69, 9.17) is 4.74 Å². The second-order valence-electron chi connectivity index (χ2n) is 5.48. The van der Waals surface area contributed by atoms with E-state index in [-0.39, 0.29) is 18.6 Å². The van der Waals surface area contributed by atoms with Gasteiger partial charge in [-0.2, -0.15) is 0 Å². The molecule has 1 aliphatic rings. The van der Waals surface area contributed by atoms with Crippen molar-refractivity contribution in [1.29, 1.82) is 0 Å². The van der Waals surface area contributed by atoms with Crippen LogP contribution in [0.5, 0.6) is 0 Å². The molecule has 4 heteroatoms. The SMILES string of the molecule is CCC(CC)N(CCO)CC1(CO)CCCOC1. The second-order valence-corrected chi connectivity index (χ2v) is 5.48. The van der Waals surface area contributed by atoms with Crippen LogP contribution in [-0.2, 0) is 4.74 Å². The number of hydrogen-bond donors (Lipinski definition) is 2. The molecule has 1 fully saturated rings. The lowest BCUT2D eigenvalue weighted by Gasteiger charge is -2.42. The summed E-state index contributed by atoms with van der Waals surface area (Å²) in [4.78, 5) is 2.32. The Morgan fingerprint density at radius 1 is 1.28 bits per heavy atom. The Hall–Kier alpha value is -0.160. The van der Waals surface area contributed by atoms with Crippen LogP contribution >= 0.6 is 0 Å². The first-order valence-corrected chi connectivity index (χ1v) is 7.25. The Morgan fingerprint density at radius 2 is 2.00 bits per heavy atom. The molecule has 0 aliphatic carbocycles. The van der Waals surface area contributed by atoms with Gasteiger partial charge in [-0.1, -0.05) is 13.8 Å². The number of ether oxygens (including phenoxy) is 1. The summed E-state index contributed by atoms with van der Waals surface area (Å²) >= 11 is 0. The van der Waals surface area contributed by atoms with Gasteiger partial charge in [0, 0.05) is 31.2 Å². The van der Waals surface area contributed by atoms with Crippen LogP contribution in [0.3, 0.4) is 0 Å². The fourth-order valence-corrected chi connectivity index (χ4v) is 2.96. The van der Waals surface area contributed by atoms with E-state index in [0.717, 1.165) is 38.8 Å². The summed E-state index contributed by atoms with van der Waals surface area (Å²) < 4.78 is 5.55. The molecular weight excluding hydrogens is 230 g/mol. The van der Waals surface area contributed by atoms with Gasteiger partial charge in [-0.25, -0.2) is 0 Å². The van der Waals surface area contributed by atoms with Crippen molar-refractivity contribution in [2.75, 3.05) is 39.5 Å². The van der Waals surface area contributed by atoms with Gasteiger partial charge < -0.3 is 14.9 Å². The van der Waals surface area contributed by atoms with Crippen molar-refractivity contribution in [3.63, 3.8) is 0 Å². The first-order chi connectivity index (χ1) is 8.71. The fraction of sp³-hybridized carbons (Fsp3) is 1.00. The Kier molecular flexibility index (Phi) is 7.15. The lowest BCUT2D eigenvalue weighted by atomic mass is 9.82. The lowest BCUT2D eigenvalue weighted by molar-refractivity contribution is -0.0632. The molecule has 0 aromatic rings. The Labute approximate surface area is 111 Å². The lowest BCUT2D eigenvalue weighted by Crippen LogP contribution is -2.49. The van der Waals surface area contributed by atoms with Gasteiger partial charge in [0.15, 0.2) is 0 Å². The van der Waals surface area contributed by atoms with Gasteiger partial charge in [-0.05, 0) is 25.7 Å². The minimum Gasteiger partial charge on any atom is -0.396 e. The molecule has 1 saturated heterocycles. The summed E-state index contributed by atoms with van der Waals surface area (Å²) in [7, 11) is 0. The number of hydrogen-bond acceptors (Lipinski definition) is 4. The molecule has 0 spiro atoms. The average Bonchev–Trinajstić information content (AvgIpc) is 2.41. The molecule has 0 saturated carbocycles. The molecule has 1 unspecified atom stereocenters. The first kappa shape index (κ1) is 15.9. The summed E-state index contributed by atoms with van der Waals surface area (Å²) in [5.41, 5.74) is -0.129. The van der Waals surface area contributed by atoms with Crippen LogP contribution in [0.15, 0.2) is 0 Å². The molecular formula is C14H29NO3. The molecule has 18 heavy (non-hydrogen) atoms. The molecule has 1 rings (SSSR count). The van der Waals surface area contributed by atoms with Crippen LogP contribution in [0.4, 0.5) is 0 Å². The topological polar surface area (TPSA) is 52.9 Å². The summed E-state index contributed by atoms with van der Waals surface area (Å²) in [5.74, 6) is 0. The maximum absolute atomic E-state index is 9.72. The summed E-state index contributed by atoms with van der Waals surface area (Å²) in [6.45, 7) is 7.69. The van der Waals surface area contributed by atoms with Gasteiger partial charge in [0.2, 0.25) is 0 Å². The predicted molar refractivity (Wildman–Crippen MR) is 72.6 cm³/mol. The minimum atomic E-state index is -0.129.